The van der Waals surface area contributed by atoms with E-state index in [-0.39, 0.29) is 0 Å². The molecule has 0 fully saturated rings. The quantitative estimate of drug-likeness (QED) is 0.686. The Morgan fingerprint density at radius 2 is 1.92 bits per heavy atom. The fourth-order valence-corrected chi connectivity index (χ4v) is 1.54. The maximum atomic E-state index is 2.29. The van der Waals surface area contributed by atoms with Gasteiger partial charge in [0.2, 0.25) is 0 Å². The van der Waals surface area contributed by atoms with Crippen molar-refractivity contribution in [1.82, 2.24) is 0 Å². The smallest absolute Gasteiger partial charge is 0.0396 e. The minimum Gasteiger partial charge on any atom is -0.375 e. The number of anilines is 1. The molecule has 72 valence electrons. The Bertz CT molecular complexity index is 278. The molecule has 1 rings (SSSR count). The largest absolute Gasteiger partial charge is 0.375 e. The van der Waals surface area contributed by atoms with Crippen molar-refractivity contribution in [2.75, 3.05) is 18.5 Å². The molecule has 1 heteroatoms. The van der Waals surface area contributed by atoms with Gasteiger partial charge >= 0.3 is 0 Å². The van der Waals surface area contributed by atoms with E-state index in [1.165, 1.54) is 16.8 Å². The second kappa shape index (κ2) is 4.31. The Labute approximate surface area is 81.4 Å². The Kier molecular flexibility index (Phi) is 3.35. The van der Waals surface area contributed by atoms with Crippen LogP contribution in [0.4, 0.5) is 5.69 Å². The summed E-state index contributed by atoms with van der Waals surface area (Å²) >= 11 is 0. The topological polar surface area (TPSA) is 3.24 Å². The number of rotatable bonds is 3. The first-order chi connectivity index (χ1) is 6.19. The molecule has 0 aliphatic rings. The number of aryl methyl sites for hydroxylation is 2. The molecule has 0 saturated heterocycles. The van der Waals surface area contributed by atoms with Crippen molar-refractivity contribution >= 4 is 5.69 Å². The SMILES string of the molecule is CCc1cc(C)ccc1N(C)CC. The molecule has 0 saturated carbocycles. The molecule has 0 heterocycles. The maximum Gasteiger partial charge on any atom is 0.0396 e. The molecule has 0 aromatic heterocycles. The Morgan fingerprint density at radius 3 is 2.46 bits per heavy atom. The lowest BCUT2D eigenvalue weighted by Crippen LogP contribution is -2.17. The third-order valence-corrected chi connectivity index (χ3v) is 2.50. The van der Waals surface area contributed by atoms with E-state index >= 15 is 0 Å². The molecule has 0 atom stereocenters. The van der Waals surface area contributed by atoms with Gasteiger partial charge in [0.1, 0.15) is 0 Å². The highest BCUT2D eigenvalue weighted by atomic mass is 15.1. The van der Waals surface area contributed by atoms with Crippen LogP contribution >= 0.6 is 0 Å². The highest BCUT2D eigenvalue weighted by Crippen LogP contribution is 2.20. The van der Waals surface area contributed by atoms with Crippen LogP contribution in [-0.2, 0) is 6.42 Å². The van der Waals surface area contributed by atoms with Crippen molar-refractivity contribution in [3.8, 4) is 0 Å². The first-order valence-corrected chi connectivity index (χ1v) is 4.99. The van der Waals surface area contributed by atoms with Crippen molar-refractivity contribution in [3.05, 3.63) is 29.3 Å². The third kappa shape index (κ3) is 2.24. The van der Waals surface area contributed by atoms with E-state index in [2.05, 4.69) is 50.9 Å². The summed E-state index contributed by atoms with van der Waals surface area (Å²) in [7, 11) is 2.14. The number of nitrogens with zero attached hydrogens (tertiary/aromatic N) is 1. The fourth-order valence-electron chi connectivity index (χ4n) is 1.54. The summed E-state index contributed by atoms with van der Waals surface area (Å²) in [6, 6.07) is 6.68. The van der Waals surface area contributed by atoms with Gasteiger partial charge in [0, 0.05) is 19.3 Å². The monoisotopic (exact) mass is 177 g/mol. The lowest BCUT2D eigenvalue weighted by atomic mass is 10.1. The zero-order valence-corrected chi connectivity index (χ0v) is 9.09. The molecule has 0 spiro atoms. The number of hydrogen-bond donors (Lipinski definition) is 0. The average molecular weight is 177 g/mol. The molecule has 0 amide bonds. The van der Waals surface area contributed by atoms with Crippen LogP contribution in [0.5, 0.6) is 0 Å². The van der Waals surface area contributed by atoms with E-state index in [0.717, 1.165) is 13.0 Å². The summed E-state index contributed by atoms with van der Waals surface area (Å²) in [6.45, 7) is 7.60. The normalized spacial score (nSPS) is 10.2. The van der Waals surface area contributed by atoms with Gasteiger partial charge in [-0.2, -0.15) is 0 Å². The van der Waals surface area contributed by atoms with Crippen molar-refractivity contribution in [3.63, 3.8) is 0 Å². The van der Waals surface area contributed by atoms with Crippen LogP contribution in [0.25, 0.3) is 0 Å². The van der Waals surface area contributed by atoms with E-state index in [4.69, 9.17) is 0 Å². The summed E-state index contributed by atoms with van der Waals surface area (Å²) < 4.78 is 0. The average Bonchev–Trinajstić information content (AvgIpc) is 2.16. The molecule has 0 unspecified atom stereocenters. The Morgan fingerprint density at radius 1 is 1.23 bits per heavy atom. The first kappa shape index (κ1) is 10.1. The highest BCUT2D eigenvalue weighted by Gasteiger charge is 2.03. The molecule has 13 heavy (non-hydrogen) atoms. The van der Waals surface area contributed by atoms with Crippen LogP contribution in [-0.4, -0.2) is 13.6 Å². The van der Waals surface area contributed by atoms with E-state index in [1.54, 1.807) is 0 Å². The zero-order valence-electron chi connectivity index (χ0n) is 9.09. The highest BCUT2D eigenvalue weighted by molar-refractivity contribution is 5.54. The van der Waals surface area contributed by atoms with E-state index in [1.807, 2.05) is 0 Å². The molecule has 0 aliphatic carbocycles. The van der Waals surface area contributed by atoms with Gasteiger partial charge in [0.05, 0.1) is 0 Å². The summed E-state index contributed by atoms with van der Waals surface area (Å²) in [5.74, 6) is 0. The lowest BCUT2D eigenvalue weighted by molar-refractivity contribution is 0.947. The van der Waals surface area contributed by atoms with Gasteiger partial charge in [-0.1, -0.05) is 24.6 Å². The molecular formula is C12H19N. The first-order valence-electron chi connectivity index (χ1n) is 4.99. The van der Waals surface area contributed by atoms with Gasteiger partial charge in [-0.15, -0.1) is 0 Å². The fraction of sp³-hybridized carbons (Fsp3) is 0.500. The lowest BCUT2D eigenvalue weighted by Gasteiger charge is -2.20. The summed E-state index contributed by atoms with van der Waals surface area (Å²) in [6.07, 6.45) is 1.11. The summed E-state index contributed by atoms with van der Waals surface area (Å²) in [5, 5.41) is 0. The molecule has 0 bridgehead atoms. The van der Waals surface area contributed by atoms with Crippen LogP contribution < -0.4 is 4.90 Å². The van der Waals surface area contributed by atoms with E-state index in [9.17, 15) is 0 Å². The van der Waals surface area contributed by atoms with Gasteiger partial charge in [0.15, 0.2) is 0 Å². The van der Waals surface area contributed by atoms with Gasteiger partial charge in [-0.3, -0.25) is 0 Å². The van der Waals surface area contributed by atoms with Crippen molar-refractivity contribution < 1.29 is 0 Å². The second-order valence-electron chi connectivity index (χ2n) is 3.50. The van der Waals surface area contributed by atoms with Gasteiger partial charge in [-0.05, 0) is 31.9 Å². The van der Waals surface area contributed by atoms with Crippen molar-refractivity contribution in [1.29, 1.82) is 0 Å². The Balaban J connectivity index is 3.05. The molecule has 0 aliphatic heterocycles. The van der Waals surface area contributed by atoms with Crippen molar-refractivity contribution in [2.45, 2.75) is 27.2 Å². The molecular weight excluding hydrogens is 158 g/mol. The zero-order chi connectivity index (χ0) is 9.84. The molecule has 1 aromatic carbocycles. The Hall–Kier alpha value is -0.980. The third-order valence-electron chi connectivity index (χ3n) is 2.50. The molecule has 1 nitrogen and oxygen atoms in total. The van der Waals surface area contributed by atoms with E-state index in [0.29, 0.717) is 0 Å². The molecule has 1 aromatic rings. The molecule has 0 radical (unpaired) electrons. The predicted molar refractivity (Wildman–Crippen MR) is 59.5 cm³/mol. The van der Waals surface area contributed by atoms with Crippen LogP contribution in [0.1, 0.15) is 25.0 Å². The second-order valence-corrected chi connectivity index (χ2v) is 3.50. The minimum atomic E-state index is 1.07. The number of hydrogen-bond acceptors (Lipinski definition) is 1. The van der Waals surface area contributed by atoms with Crippen LogP contribution in [0.15, 0.2) is 18.2 Å². The summed E-state index contributed by atoms with van der Waals surface area (Å²) in [4.78, 5) is 2.29. The molecule has 0 N–H and O–H groups in total. The minimum absolute atomic E-state index is 1.07. The van der Waals surface area contributed by atoms with Crippen LogP contribution in [0, 0.1) is 6.92 Å². The van der Waals surface area contributed by atoms with Gasteiger partial charge < -0.3 is 4.90 Å². The van der Waals surface area contributed by atoms with Crippen LogP contribution in [0.3, 0.4) is 0 Å². The van der Waals surface area contributed by atoms with Gasteiger partial charge in [0.25, 0.3) is 0 Å². The summed E-state index contributed by atoms with van der Waals surface area (Å²) in [5.41, 5.74) is 4.17. The predicted octanol–water partition coefficient (Wildman–Crippen LogP) is 3.01. The van der Waals surface area contributed by atoms with Crippen molar-refractivity contribution in [2.24, 2.45) is 0 Å². The van der Waals surface area contributed by atoms with Gasteiger partial charge in [-0.25, -0.2) is 0 Å². The van der Waals surface area contributed by atoms with Crippen LogP contribution in [0.2, 0.25) is 0 Å². The standard InChI is InChI=1S/C12H19N/c1-5-11-9-10(3)7-8-12(11)13(4)6-2/h7-9H,5-6H2,1-4H3. The number of benzene rings is 1. The van der Waals surface area contributed by atoms with E-state index < -0.39 is 0 Å². The maximum absolute atomic E-state index is 2.29.